The number of aromatic nitrogens is 1. The number of hydrogen-bond donors (Lipinski definition) is 2. The Kier molecular flexibility index (Phi) is 7.09. The number of ether oxygens (including phenoxy) is 3. The quantitative estimate of drug-likeness (QED) is 0.543. The Balaban J connectivity index is 1.43. The van der Waals surface area contributed by atoms with Crippen LogP contribution in [0.3, 0.4) is 0 Å². The van der Waals surface area contributed by atoms with Gasteiger partial charge in [0, 0.05) is 25.6 Å². The second kappa shape index (κ2) is 10.2. The number of aryl methyl sites for hydroxylation is 1. The van der Waals surface area contributed by atoms with E-state index in [4.69, 9.17) is 14.2 Å². The maximum Gasteiger partial charge on any atom is 0.419 e. The van der Waals surface area contributed by atoms with Crippen LogP contribution in [-0.2, 0) is 9.47 Å². The fraction of sp³-hybridized carbons (Fsp3) is 0.520. The first-order valence-electron chi connectivity index (χ1n) is 12.3. The molecule has 38 heavy (non-hydrogen) atoms. The molecule has 0 radical (unpaired) electrons. The lowest BCUT2D eigenvalue weighted by Crippen LogP contribution is -2.53. The van der Waals surface area contributed by atoms with Crippen LogP contribution in [0.4, 0.5) is 33.9 Å². The molecule has 0 spiro atoms. The molecule has 3 fully saturated rings. The van der Waals surface area contributed by atoms with Crippen LogP contribution in [0.2, 0.25) is 0 Å². The molecule has 2 N–H and O–H groups in total. The number of fused-ring (bicyclic) bond motifs is 2. The Morgan fingerprint density at radius 2 is 2.03 bits per heavy atom. The molecule has 13 heteroatoms. The number of aliphatic hydroxyl groups is 1. The number of likely N-dealkylation sites (tertiary alicyclic amines) is 1. The van der Waals surface area contributed by atoms with Crippen LogP contribution >= 0.6 is 0 Å². The highest BCUT2D eigenvalue weighted by Crippen LogP contribution is 2.48. The molecule has 5 rings (SSSR count). The van der Waals surface area contributed by atoms with E-state index in [1.54, 1.807) is 13.0 Å². The molecule has 2 aromatic rings. The van der Waals surface area contributed by atoms with Crippen molar-refractivity contribution in [2.24, 2.45) is 0 Å². The Morgan fingerprint density at radius 3 is 2.71 bits per heavy atom. The highest BCUT2D eigenvalue weighted by Gasteiger charge is 2.66. The normalized spacial score (nSPS) is 23.2. The minimum atomic E-state index is -4.62. The van der Waals surface area contributed by atoms with Gasteiger partial charge in [-0.1, -0.05) is 0 Å². The third-order valence-electron chi connectivity index (χ3n) is 7.09. The van der Waals surface area contributed by atoms with Gasteiger partial charge in [0.2, 0.25) is 5.88 Å². The van der Waals surface area contributed by atoms with E-state index < -0.39 is 36.2 Å². The van der Waals surface area contributed by atoms with Crippen LogP contribution in [0.15, 0.2) is 24.3 Å². The van der Waals surface area contributed by atoms with Crippen molar-refractivity contribution in [1.29, 1.82) is 0 Å². The number of hydrogen-bond acceptors (Lipinski definition) is 7. The fourth-order valence-corrected chi connectivity index (χ4v) is 5.09. The summed E-state index contributed by atoms with van der Waals surface area (Å²) < 4.78 is 71.6. The summed E-state index contributed by atoms with van der Waals surface area (Å²) in [7, 11) is 0. The van der Waals surface area contributed by atoms with Crippen molar-refractivity contribution in [1.82, 2.24) is 9.88 Å². The van der Waals surface area contributed by atoms with Crippen LogP contribution in [0, 0.1) is 12.7 Å². The van der Waals surface area contributed by atoms with Crippen molar-refractivity contribution in [2.75, 3.05) is 62.9 Å². The Bertz CT molecular complexity index is 1210. The number of urea groups is 1. The molecule has 206 valence electrons. The number of nitrogens with one attached hydrogen (secondary N) is 1. The number of amides is 2. The summed E-state index contributed by atoms with van der Waals surface area (Å²) in [5.41, 5.74) is -0.776. The van der Waals surface area contributed by atoms with Crippen molar-refractivity contribution >= 4 is 17.5 Å². The van der Waals surface area contributed by atoms with Gasteiger partial charge in [-0.3, -0.25) is 0 Å². The van der Waals surface area contributed by atoms with E-state index in [1.165, 1.54) is 12.1 Å². The predicted molar refractivity (Wildman–Crippen MR) is 129 cm³/mol. The number of pyridine rings is 1. The predicted octanol–water partition coefficient (Wildman–Crippen LogP) is 3.34. The first kappa shape index (κ1) is 26.4. The Morgan fingerprint density at radius 1 is 1.26 bits per heavy atom. The molecule has 2 bridgehead atoms. The Labute approximate surface area is 216 Å². The van der Waals surface area contributed by atoms with Crippen LogP contribution in [0.1, 0.15) is 12.0 Å². The second-order valence-electron chi connectivity index (χ2n) is 9.59. The topological polar surface area (TPSA) is 96.4 Å². The zero-order valence-electron chi connectivity index (χ0n) is 20.7. The molecule has 1 aromatic heterocycles. The SMILES string of the molecule is Cc1cc(F)c(NC(=O)N2CC3(C(F)(F)F)CC2CO3)cc1-c1cc(OCCO)nc(N2CCOCC2)c1. The fourth-order valence-electron chi connectivity index (χ4n) is 5.09. The van der Waals surface area contributed by atoms with Gasteiger partial charge in [0.1, 0.15) is 18.2 Å². The molecule has 4 heterocycles. The summed E-state index contributed by atoms with van der Waals surface area (Å²) in [6.07, 6.45) is -4.96. The maximum absolute atomic E-state index is 14.9. The lowest BCUT2D eigenvalue weighted by molar-refractivity contribution is -0.264. The van der Waals surface area contributed by atoms with E-state index in [1.807, 2.05) is 11.0 Å². The van der Waals surface area contributed by atoms with Gasteiger partial charge in [0.05, 0.1) is 44.7 Å². The molecule has 2 atom stereocenters. The third-order valence-corrected chi connectivity index (χ3v) is 7.09. The van der Waals surface area contributed by atoms with Crippen LogP contribution in [-0.4, -0.2) is 91.5 Å². The summed E-state index contributed by atoms with van der Waals surface area (Å²) >= 11 is 0. The number of nitrogens with zero attached hydrogens (tertiary/aromatic N) is 3. The first-order valence-corrected chi connectivity index (χ1v) is 12.3. The molecule has 0 saturated carbocycles. The van der Waals surface area contributed by atoms with Gasteiger partial charge in [0.25, 0.3) is 0 Å². The minimum absolute atomic E-state index is 0.0306. The number of halogens is 4. The molecule has 0 aliphatic carbocycles. The number of alkyl halides is 3. The Hall–Kier alpha value is -3.16. The highest BCUT2D eigenvalue weighted by atomic mass is 19.4. The van der Waals surface area contributed by atoms with E-state index in [9.17, 15) is 27.5 Å². The second-order valence-corrected chi connectivity index (χ2v) is 9.59. The summed E-state index contributed by atoms with van der Waals surface area (Å²) in [4.78, 5) is 20.5. The molecule has 3 aliphatic heterocycles. The number of aliphatic hydroxyl groups excluding tert-OH is 1. The number of benzene rings is 1. The third kappa shape index (κ3) is 4.97. The van der Waals surface area contributed by atoms with Gasteiger partial charge in [-0.05, 0) is 41.8 Å². The molecule has 3 aliphatic rings. The van der Waals surface area contributed by atoms with E-state index in [0.717, 1.165) is 4.90 Å². The number of carbonyl (C=O) groups is 1. The van der Waals surface area contributed by atoms with Gasteiger partial charge in [-0.2, -0.15) is 18.2 Å². The summed E-state index contributed by atoms with van der Waals surface area (Å²) in [6, 6.07) is 4.59. The van der Waals surface area contributed by atoms with Crippen molar-refractivity contribution in [3.05, 3.63) is 35.6 Å². The smallest absolute Gasteiger partial charge is 0.419 e. The number of rotatable bonds is 6. The zero-order chi connectivity index (χ0) is 27.1. The van der Waals surface area contributed by atoms with Crippen LogP contribution in [0.5, 0.6) is 5.88 Å². The maximum atomic E-state index is 14.9. The lowest BCUT2D eigenvalue weighted by Gasteiger charge is -2.34. The van der Waals surface area contributed by atoms with Crippen LogP contribution in [0.25, 0.3) is 11.1 Å². The van der Waals surface area contributed by atoms with Crippen molar-refractivity contribution in [2.45, 2.75) is 31.2 Å². The van der Waals surface area contributed by atoms with E-state index in [2.05, 4.69) is 10.3 Å². The molecule has 3 saturated heterocycles. The molecule has 9 nitrogen and oxygen atoms in total. The van der Waals surface area contributed by atoms with Gasteiger partial charge in [-0.15, -0.1) is 0 Å². The monoisotopic (exact) mass is 540 g/mol. The summed E-state index contributed by atoms with van der Waals surface area (Å²) in [6.45, 7) is 2.94. The largest absolute Gasteiger partial charge is 0.475 e. The average Bonchev–Trinajstić information content (AvgIpc) is 3.50. The van der Waals surface area contributed by atoms with Gasteiger partial charge < -0.3 is 34.4 Å². The van der Waals surface area contributed by atoms with Crippen molar-refractivity contribution in [3.8, 4) is 17.0 Å². The summed E-state index contributed by atoms with van der Waals surface area (Å²) in [5.74, 6) is 0.154. The first-order chi connectivity index (χ1) is 18.1. The van der Waals surface area contributed by atoms with Gasteiger partial charge in [0.15, 0.2) is 5.60 Å². The molecule has 2 amide bonds. The van der Waals surface area contributed by atoms with E-state index >= 15 is 0 Å². The average molecular weight is 541 g/mol. The van der Waals surface area contributed by atoms with Crippen molar-refractivity contribution < 1.29 is 41.7 Å². The number of morpholine rings is 2. The van der Waals surface area contributed by atoms with Gasteiger partial charge >= 0.3 is 12.2 Å². The highest BCUT2D eigenvalue weighted by molar-refractivity contribution is 5.91. The van der Waals surface area contributed by atoms with Crippen molar-refractivity contribution in [3.63, 3.8) is 0 Å². The number of carbonyl (C=O) groups excluding carboxylic acids is 1. The molecular weight excluding hydrogens is 512 g/mol. The summed E-state index contributed by atoms with van der Waals surface area (Å²) in [5, 5.41) is 11.6. The molecular formula is C25H28F4N4O5. The minimum Gasteiger partial charge on any atom is -0.475 e. The standard InChI is InChI=1S/C25H28F4N4O5/c1-15-8-19(26)20(30-23(35)33-14-24(25(27,28)29)12-17(33)13-38-24)11-18(15)16-9-21(32-2-5-36-6-3-32)31-22(10-16)37-7-4-34/h8-11,17,34H,2-7,12-14H2,1H3,(H,30,35). The van der Waals surface area contributed by atoms with E-state index in [0.29, 0.717) is 48.8 Å². The van der Waals surface area contributed by atoms with Gasteiger partial charge in [-0.25, -0.2) is 9.18 Å². The lowest BCUT2D eigenvalue weighted by atomic mass is 10.00. The molecule has 1 aromatic carbocycles. The number of anilines is 2. The van der Waals surface area contributed by atoms with E-state index in [-0.39, 0.29) is 37.8 Å². The zero-order valence-corrected chi connectivity index (χ0v) is 20.7. The van der Waals surface area contributed by atoms with Crippen LogP contribution < -0.4 is 15.0 Å². The molecule has 2 unspecified atom stereocenters.